The molecule has 3 N–H and O–H groups in total. The van der Waals surface area contributed by atoms with Gasteiger partial charge >= 0.3 is 0 Å². The van der Waals surface area contributed by atoms with E-state index in [-0.39, 0.29) is 5.75 Å². The fourth-order valence-corrected chi connectivity index (χ4v) is 2.50. The van der Waals surface area contributed by atoms with Crippen LogP contribution >= 0.6 is 0 Å². The molecule has 2 atom stereocenters. The molecule has 90 valence electrons. The molecule has 1 aromatic rings. The van der Waals surface area contributed by atoms with Crippen molar-refractivity contribution in [2.75, 3.05) is 11.5 Å². The molecule has 1 aromatic carbocycles. The Labute approximate surface area is 96.0 Å². The van der Waals surface area contributed by atoms with Crippen molar-refractivity contribution < 1.29 is 13.5 Å². The summed E-state index contributed by atoms with van der Waals surface area (Å²) in [6.07, 6.45) is -1.01. The molecule has 4 nitrogen and oxygen atoms in total. The van der Waals surface area contributed by atoms with Crippen LogP contribution < -0.4 is 5.73 Å². The van der Waals surface area contributed by atoms with Gasteiger partial charge < -0.3 is 10.8 Å². The molecule has 5 heteroatoms. The van der Waals surface area contributed by atoms with E-state index in [1.165, 1.54) is 6.92 Å². The molecular formula is C11H17NO3S. The number of anilines is 1. The molecule has 0 unspecified atom stereocenters. The summed E-state index contributed by atoms with van der Waals surface area (Å²) in [6, 6.07) is 6.57. The Morgan fingerprint density at radius 2 is 1.81 bits per heavy atom. The van der Waals surface area contributed by atoms with Crippen molar-refractivity contribution in [3.63, 3.8) is 0 Å². The minimum absolute atomic E-state index is 0.0280. The third-order valence-electron chi connectivity index (χ3n) is 2.69. The summed E-state index contributed by atoms with van der Waals surface area (Å²) in [5, 5.41) is 9.12. The largest absolute Gasteiger partial charge is 0.399 e. The van der Waals surface area contributed by atoms with E-state index in [9.17, 15) is 13.5 Å². The lowest BCUT2D eigenvalue weighted by atomic mass is 10.1. The number of sulfone groups is 1. The molecule has 0 saturated heterocycles. The van der Waals surface area contributed by atoms with Crippen LogP contribution in [0.1, 0.15) is 25.5 Å². The van der Waals surface area contributed by atoms with Crippen LogP contribution in [0.4, 0.5) is 5.69 Å². The molecule has 0 radical (unpaired) electrons. The molecule has 0 aromatic heterocycles. The van der Waals surface area contributed by atoms with Crippen molar-refractivity contribution in [1.29, 1.82) is 0 Å². The van der Waals surface area contributed by atoms with Crippen LogP contribution in [0.2, 0.25) is 0 Å². The number of hydrogen-bond acceptors (Lipinski definition) is 4. The van der Waals surface area contributed by atoms with Crippen molar-refractivity contribution in [1.82, 2.24) is 0 Å². The predicted octanol–water partition coefficient (Wildman–Crippen LogP) is 1.13. The lowest BCUT2D eigenvalue weighted by Crippen LogP contribution is -2.26. The summed E-state index contributed by atoms with van der Waals surface area (Å²) in [7, 11) is -3.24. The zero-order valence-electron chi connectivity index (χ0n) is 9.42. The van der Waals surface area contributed by atoms with E-state index < -0.39 is 21.2 Å². The highest BCUT2D eigenvalue weighted by atomic mass is 32.2. The Morgan fingerprint density at radius 1 is 1.31 bits per heavy atom. The smallest absolute Gasteiger partial charge is 0.155 e. The summed E-state index contributed by atoms with van der Waals surface area (Å²) in [6.45, 7) is 3.08. The van der Waals surface area contributed by atoms with Crippen molar-refractivity contribution in [3.8, 4) is 0 Å². The van der Waals surface area contributed by atoms with Gasteiger partial charge in [0.05, 0.1) is 11.4 Å². The molecule has 0 spiro atoms. The molecule has 0 fully saturated rings. The molecule has 0 aliphatic heterocycles. The van der Waals surface area contributed by atoms with Gasteiger partial charge in [-0.25, -0.2) is 8.42 Å². The van der Waals surface area contributed by atoms with E-state index in [0.29, 0.717) is 11.3 Å². The lowest BCUT2D eigenvalue weighted by molar-refractivity contribution is 0.176. The van der Waals surface area contributed by atoms with Crippen LogP contribution in [0.3, 0.4) is 0 Å². The molecular weight excluding hydrogens is 226 g/mol. The second-order valence-corrected chi connectivity index (χ2v) is 6.41. The maximum absolute atomic E-state index is 11.6. The Bertz CT molecular complexity index is 439. The topological polar surface area (TPSA) is 80.4 Å². The zero-order chi connectivity index (χ0) is 12.3. The van der Waals surface area contributed by atoms with Gasteiger partial charge in [-0.1, -0.05) is 19.1 Å². The molecule has 0 aliphatic rings. The van der Waals surface area contributed by atoms with Crippen LogP contribution in [0.15, 0.2) is 24.3 Å². The number of rotatable bonds is 4. The van der Waals surface area contributed by atoms with E-state index in [1.807, 2.05) is 0 Å². The van der Waals surface area contributed by atoms with Crippen LogP contribution in [0.5, 0.6) is 0 Å². The van der Waals surface area contributed by atoms with Crippen LogP contribution in [-0.2, 0) is 9.84 Å². The molecule has 1 rings (SSSR count). The van der Waals surface area contributed by atoms with Gasteiger partial charge in [-0.15, -0.1) is 0 Å². The third-order valence-corrected chi connectivity index (χ3v) is 4.89. The van der Waals surface area contributed by atoms with Crippen molar-refractivity contribution >= 4 is 15.5 Å². The highest BCUT2D eigenvalue weighted by Crippen LogP contribution is 2.23. The number of hydrogen-bond donors (Lipinski definition) is 2. The highest BCUT2D eigenvalue weighted by Gasteiger charge is 2.27. The highest BCUT2D eigenvalue weighted by molar-refractivity contribution is 7.92. The molecule has 0 aliphatic carbocycles. The minimum atomic E-state index is -3.24. The normalized spacial score (nSPS) is 15.7. The van der Waals surface area contributed by atoms with Gasteiger partial charge in [-0.05, 0) is 24.6 Å². The van der Waals surface area contributed by atoms with Gasteiger partial charge in [0, 0.05) is 11.4 Å². The number of nitrogens with two attached hydrogens (primary N) is 1. The number of benzene rings is 1. The van der Waals surface area contributed by atoms with E-state index >= 15 is 0 Å². The Hall–Kier alpha value is -1.07. The van der Waals surface area contributed by atoms with Gasteiger partial charge in [0.1, 0.15) is 0 Å². The Balaban J connectivity index is 2.94. The maximum atomic E-state index is 11.6. The first-order valence-corrected chi connectivity index (χ1v) is 6.85. The second kappa shape index (κ2) is 4.84. The second-order valence-electron chi connectivity index (χ2n) is 3.77. The van der Waals surface area contributed by atoms with Gasteiger partial charge in [0.15, 0.2) is 9.84 Å². The molecule has 0 saturated carbocycles. The summed E-state index contributed by atoms with van der Waals surface area (Å²) >= 11 is 0. The van der Waals surface area contributed by atoms with E-state index in [4.69, 9.17) is 5.73 Å². The lowest BCUT2D eigenvalue weighted by Gasteiger charge is -2.18. The summed E-state index contributed by atoms with van der Waals surface area (Å²) in [5.41, 5.74) is 6.67. The summed E-state index contributed by atoms with van der Waals surface area (Å²) < 4.78 is 23.2. The number of nitrogen functional groups attached to an aromatic ring is 1. The number of aliphatic hydroxyl groups excluding tert-OH is 1. The molecule has 0 amide bonds. The van der Waals surface area contributed by atoms with E-state index in [0.717, 1.165) is 0 Å². The molecule has 16 heavy (non-hydrogen) atoms. The average molecular weight is 243 g/mol. The van der Waals surface area contributed by atoms with Crippen molar-refractivity contribution in [2.24, 2.45) is 0 Å². The first-order valence-electron chi connectivity index (χ1n) is 5.13. The van der Waals surface area contributed by atoms with E-state index in [2.05, 4.69) is 0 Å². The standard InChI is InChI=1S/C11H17NO3S/c1-3-16(14,15)8(2)11(13)9-4-6-10(12)7-5-9/h4-8,11,13H,3,12H2,1-2H3/t8-,11-/m1/s1. The fraction of sp³-hybridized carbons (Fsp3) is 0.455. The molecule has 0 heterocycles. The van der Waals surface area contributed by atoms with Crippen LogP contribution in [0, 0.1) is 0 Å². The third kappa shape index (κ3) is 2.74. The summed E-state index contributed by atoms with van der Waals surface area (Å²) in [5.74, 6) is 0.0280. The van der Waals surface area contributed by atoms with Crippen molar-refractivity contribution in [3.05, 3.63) is 29.8 Å². The zero-order valence-corrected chi connectivity index (χ0v) is 10.2. The van der Waals surface area contributed by atoms with E-state index in [1.54, 1.807) is 31.2 Å². The monoisotopic (exact) mass is 243 g/mol. The average Bonchev–Trinajstić information content (AvgIpc) is 2.28. The Morgan fingerprint density at radius 3 is 2.25 bits per heavy atom. The maximum Gasteiger partial charge on any atom is 0.155 e. The Kier molecular flexibility index (Phi) is 3.93. The van der Waals surface area contributed by atoms with Crippen LogP contribution in [0.25, 0.3) is 0 Å². The van der Waals surface area contributed by atoms with Gasteiger partial charge in [-0.2, -0.15) is 0 Å². The van der Waals surface area contributed by atoms with Gasteiger partial charge in [0.25, 0.3) is 0 Å². The molecule has 0 bridgehead atoms. The minimum Gasteiger partial charge on any atom is -0.399 e. The number of aliphatic hydroxyl groups is 1. The fourth-order valence-electron chi connectivity index (χ4n) is 1.42. The predicted molar refractivity (Wildman–Crippen MR) is 64.7 cm³/mol. The summed E-state index contributed by atoms with van der Waals surface area (Å²) in [4.78, 5) is 0. The van der Waals surface area contributed by atoms with Gasteiger partial charge in [0.2, 0.25) is 0 Å². The quantitative estimate of drug-likeness (QED) is 0.777. The van der Waals surface area contributed by atoms with Crippen LogP contribution in [-0.4, -0.2) is 24.5 Å². The SMILES string of the molecule is CCS(=O)(=O)[C@H](C)[C@@H](O)c1ccc(N)cc1. The van der Waals surface area contributed by atoms with Crippen molar-refractivity contribution in [2.45, 2.75) is 25.2 Å². The first-order chi connectivity index (χ1) is 7.38. The first kappa shape index (κ1) is 13.0. The van der Waals surface area contributed by atoms with Gasteiger partial charge in [-0.3, -0.25) is 0 Å².